The van der Waals surface area contributed by atoms with Crippen molar-refractivity contribution < 1.29 is 9.53 Å². The topological polar surface area (TPSA) is 29.5 Å². The number of rotatable bonds is 4. The molecule has 3 rings (SSSR count). The van der Waals surface area contributed by atoms with E-state index in [1.54, 1.807) is 0 Å². The van der Waals surface area contributed by atoms with Gasteiger partial charge in [-0.3, -0.25) is 0 Å². The highest BCUT2D eigenvalue weighted by atomic mass is 35.5. The van der Waals surface area contributed by atoms with Crippen LogP contribution >= 0.6 is 11.6 Å². The molecule has 0 saturated heterocycles. The van der Waals surface area contributed by atoms with E-state index in [-0.39, 0.29) is 5.97 Å². The second-order valence-electron chi connectivity index (χ2n) is 5.69. The summed E-state index contributed by atoms with van der Waals surface area (Å²) in [7, 11) is 0. The van der Waals surface area contributed by atoms with E-state index in [0.717, 1.165) is 36.6 Å². The van der Waals surface area contributed by atoms with Crippen molar-refractivity contribution in [2.24, 2.45) is 0 Å². The highest BCUT2D eigenvalue weighted by Crippen LogP contribution is 2.32. The van der Waals surface area contributed by atoms with Crippen LogP contribution in [-0.2, 0) is 17.7 Å². The molecule has 1 aliphatic rings. The van der Waals surface area contributed by atoms with Crippen molar-refractivity contribution in [3.63, 3.8) is 0 Å². The number of fused-ring (bicyclic) bond motifs is 1. The number of hydrogen-bond donors (Lipinski definition) is 0. The van der Waals surface area contributed by atoms with Gasteiger partial charge in [-0.05, 0) is 49.1 Å². The van der Waals surface area contributed by atoms with Crippen molar-refractivity contribution in [3.05, 3.63) is 64.2 Å². The Balaban J connectivity index is 1.93. The first-order valence-electron chi connectivity index (χ1n) is 7.97. The summed E-state index contributed by atoms with van der Waals surface area (Å²) in [5.41, 5.74) is 4.09. The number of para-hydroxylation sites is 1. The normalized spacial score (nSPS) is 13.6. The second-order valence-corrected chi connectivity index (χ2v) is 6.12. The molecule has 0 atom stereocenters. The molecule has 0 amide bonds. The number of benzene rings is 2. The number of carbonyl (C=O) groups excluding carboxylic acids is 1. The van der Waals surface area contributed by atoms with Gasteiger partial charge in [0.1, 0.15) is 0 Å². The van der Waals surface area contributed by atoms with Crippen LogP contribution in [0.2, 0.25) is 5.02 Å². The van der Waals surface area contributed by atoms with Crippen LogP contribution in [-0.4, -0.2) is 19.1 Å². The molecule has 3 nitrogen and oxygen atoms in total. The lowest BCUT2D eigenvalue weighted by molar-refractivity contribution is 0.0527. The summed E-state index contributed by atoms with van der Waals surface area (Å²) in [6, 6.07) is 13.8. The van der Waals surface area contributed by atoms with Crippen molar-refractivity contribution in [3.8, 4) is 0 Å². The Morgan fingerprint density at radius 3 is 2.74 bits per heavy atom. The van der Waals surface area contributed by atoms with Crippen LogP contribution in [0.15, 0.2) is 42.5 Å². The average Bonchev–Trinajstić information content (AvgIpc) is 2.57. The zero-order valence-corrected chi connectivity index (χ0v) is 14.0. The van der Waals surface area contributed by atoms with Crippen LogP contribution in [0, 0.1) is 0 Å². The molecule has 0 bridgehead atoms. The number of anilines is 1. The molecule has 2 aromatic rings. The Morgan fingerprint density at radius 1 is 1.22 bits per heavy atom. The Kier molecular flexibility index (Phi) is 4.87. The molecule has 0 aliphatic carbocycles. The maximum Gasteiger partial charge on any atom is 0.340 e. The molecule has 0 radical (unpaired) electrons. The summed E-state index contributed by atoms with van der Waals surface area (Å²) in [5.74, 6) is -0.243. The lowest BCUT2D eigenvalue weighted by Gasteiger charge is -2.33. The summed E-state index contributed by atoms with van der Waals surface area (Å²) >= 11 is 5.96. The van der Waals surface area contributed by atoms with Crippen LogP contribution in [0.5, 0.6) is 0 Å². The van der Waals surface area contributed by atoms with Gasteiger partial charge in [0.15, 0.2) is 0 Å². The third kappa shape index (κ3) is 3.50. The standard InChI is InChI=1S/C19H20ClNO2/c1-2-23-19(22)17-7-3-5-15-6-4-12-21(18(15)17)13-14-8-10-16(20)11-9-14/h3,5,7-11H,2,4,6,12-13H2,1H3. The quantitative estimate of drug-likeness (QED) is 0.775. The van der Waals surface area contributed by atoms with Crippen LogP contribution < -0.4 is 4.90 Å². The molecule has 4 heteroatoms. The van der Waals surface area contributed by atoms with Crippen molar-refractivity contribution in [1.29, 1.82) is 0 Å². The Morgan fingerprint density at radius 2 is 2.00 bits per heavy atom. The van der Waals surface area contributed by atoms with Gasteiger partial charge in [0.05, 0.1) is 17.9 Å². The lowest BCUT2D eigenvalue weighted by atomic mass is 9.97. The predicted molar refractivity (Wildman–Crippen MR) is 93.2 cm³/mol. The molecule has 120 valence electrons. The molecule has 1 heterocycles. The molecule has 0 fully saturated rings. The molecule has 0 saturated carbocycles. The number of halogens is 1. The van der Waals surface area contributed by atoms with Gasteiger partial charge in [-0.1, -0.05) is 35.9 Å². The summed E-state index contributed by atoms with van der Waals surface area (Å²) in [6.07, 6.45) is 2.09. The fraction of sp³-hybridized carbons (Fsp3) is 0.316. The number of hydrogen-bond acceptors (Lipinski definition) is 3. The number of ether oxygens (including phenoxy) is 1. The van der Waals surface area contributed by atoms with E-state index in [4.69, 9.17) is 16.3 Å². The summed E-state index contributed by atoms with van der Waals surface area (Å²) in [4.78, 5) is 14.6. The van der Waals surface area contributed by atoms with Gasteiger partial charge in [0, 0.05) is 18.1 Å². The van der Waals surface area contributed by atoms with E-state index >= 15 is 0 Å². The highest BCUT2D eigenvalue weighted by Gasteiger charge is 2.24. The number of carbonyl (C=O) groups is 1. The molecular formula is C19H20ClNO2. The third-order valence-corrected chi connectivity index (χ3v) is 4.34. The minimum atomic E-state index is -0.243. The zero-order valence-electron chi connectivity index (χ0n) is 13.2. The van der Waals surface area contributed by atoms with Crippen LogP contribution in [0.1, 0.15) is 34.8 Å². The van der Waals surface area contributed by atoms with Crippen LogP contribution in [0.25, 0.3) is 0 Å². The van der Waals surface area contributed by atoms with Gasteiger partial charge in [-0.25, -0.2) is 4.79 Å². The molecule has 23 heavy (non-hydrogen) atoms. The van der Waals surface area contributed by atoms with E-state index < -0.39 is 0 Å². The zero-order chi connectivity index (χ0) is 16.2. The first-order chi connectivity index (χ1) is 11.2. The number of nitrogens with zero attached hydrogens (tertiary/aromatic N) is 1. The summed E-state index contributed by atoms with van der Waals surface area (Å²) in [6.45, 7) is 3.92. The molecule has 0 aromatic heterocycles. The van der Waals surface area contributed by atoms with Gasteiger partial charge in [-0.15, -0.1) is 0 Å². The van der Waals surface area contributed by atoms with Crippen LogP contribution in [0.4, 0.5) is 5.69 Å². The molecule has 1 aliphatic heterocycles. The molecule has 0 N–H and O–H groups in total. The molecular weight excluding hydrogens is 310 g/mol. The fourth-order valence-electron chi connectivity index (χ4n) is 3.08. The maximum atomic E-state index is 12.3. The molecule has 0 spiro atoms. The number of aryl methyl sites for hydroxylation is 1. The largest absolute Gasteiger partial charge is 0.462 e. The summed E-state index contributed by atoms with van der Waals surface area (Å²) in [5, 5.41) is 0.736. The average molecular weight is 330 g/mol. The van der Waals surface area contributed by atoms with Crippen LogP contribution in [0.3, 0.4) is 0 Å². The van der Waals surface area contributed by atoms with Crippen molar-refractivity contribution >= 4 is 23.3 Å². The third-order valence-electron chi connectivity index (χ3n) is 4.09. The highest BCUT2D eigenvalue weighted by molar-refractivity contribution is 6.30. The predicted octanol–water partition coefficient (Wildman–Crippen LogP) is 4.47. The van der Waals surface area contributed by atoms with Crippen molar-refractivity contribution in [2.75, 3.05) is 18.1 Å². The molecule has 0 unspecified atom stereocenters. The van der Waals surface area contributed by atoms with E-state index in [0.29, 0.717) is 12.2 Å². The smallest absolute Gasteiger partial charge is 0.340 e. The van der Waals surface area contributed by atoms with Crippen molar-refractivity contribution in [2.45, 2.75) is 26.3 Å². The second kappa shape index (κ2) is 7.05. The minimum Gasteiger partial charge on any atom is -0.462 e. The number of esters is 1. The van der Waals surface area contributed by atoms with Gasteiger partial charge < -0.3 is 9.64 Å². The first kappa shape index (κ1) is 15.9. The first-order valence-corrected chi connectivity index (χ1v) is 8.35. The SMILES string of the molecule is CCOC(=O)c1cccc2c1N(Cc1ccc(Cl)cc1)CCC2. The minimum absolute atomic E-state index is 0.243. The Labute approximate surface area is 141 Å². The van der Waals surface area contributed by atoms with E-state index in [1.807, 2.05) is 43.3 Å². The van der Waals surface area contributed by atoms with Gasteiger partial charge >= 0.3 is 5.97 Å². The van der Waals surface area contributed by atoms with Crippen molar-refractivity contribution in [1.82, 2.24) is 0 Å². The maximum absolute atomic E-state index is 12.3. The summed E-state index contributed by atoms with van der Waals surface area (Å²) < 4.78 is 5.23. The van der Waals surface area contributed by atoms with Gasteiger partial charge in [0.25, 0.3) is 0 Å². The fourth-order valence-corrected chi connectivity index (χ4v) is 3.21. The Bertz CT molecular complexity index is 697. The van der Waals surface area contributed by atoms with E-state index in [2.05, 4.69) is 11.0 Å². The lowest BCUT2D eigenvalue weighted by Crippen LogP contribution is -2.31. The van der Waals surface area contributed by atoms with Gasteiger partial charge in [-0.2, -0.15) is 0 Å². The van der Waals surface area contributed by atoms with Gasteiger partial charge in [0.2, 0.25) is 0 Å². The Hall–Kier alpha value is -2.00. The molecule has 2 aromatic carbocycles. The van der Waals surface area contributed by atoms with E-state index in [1.165, 1.54) is 11.1 Å². The van der Waals surface area contributed by atoms with E-state index in [9.17, 15) is 4.79 Å². The monoisotopic (exact) mass is 329 g/mol.